The van der Waals surface area contributed by atoms with Gasteiger partial charge in [-0.3, -0.25) is 9.80 Å². The van der Waals surface area contributed by atoms with E-state index in [0.29, 0.717) is 12.1 Å². The highest BCUT2D eigenvalue weighted by molar-refractivity contribution is 4.83. The first kappa shape index (κ1) is 15.2. The minimum absolute atomic E-state index is 0.483. The van der Waals surface area contributed by atoms with E-state index in [-0.39, 0.29) is 0 Å². The lowest BCUT2D eigenvalue weighted by atomic mass is 10.1. The van der Waals surface area contributed by atoms with Crippen molar-refractivity contribution < 1.29 is 9.47 Å². The maximum absolute atomic E-state index is 5.87. The standard InChI is InChI=1S/C15H30N2O2/c1-3-14-12-16(7-8-17(14)9-11-18-2)13-15-6-4-5-10-19-15/h14-15H,3-13H2,1-2H3. The van der Waals surface area contributed by atoms with Gasteiger partial charge in [-0.05, 0) is 25.7 Å². The molecule has 0 amide bonds. The van der Waals surface area contributed by atoms with Crippen LogP contribution in [0.3, 0.4) is 0 Å². The molecule has 0 spiro atoms. The molecular formula is C15H30N2O2. The van der Waals surface area contributed by atoms with Crippen LogP contribution in [-0.4, -0.2) is 75.0 Å². The van der Waals surface area contributed by atoms with Crippen molar-refractivity contribution in [1.29, 1.82) is 0 Å². The smallest absolute Gasteiger partial charge is 0.0702 e. The number of nitrogens with zero attached hydrogens (tertiary/aromatic N) is 2. The van der Waals surface area contributed by atoms with Crippen LogP contribution in [-0.2, 0) is 9.47 Å². The highest BCUT2D eigenvalue weighted by Gasteiger charge is 2.27. The van der Waals surface area contributed by atoms with Gasteiger partial charge in [0.15, 0.2) is 0 Å². The Kier molecular flexibility index (Phi) is 6.57. The summed E-state index contributed by atoms with van der Waals surface area (Å²) < 4.78 is 11.1. The van der Waals surface area contributed by atoms with Crippen LogP contribution in [0.25, 0.3) is 0 Å². The highest BCUT2D eigenvalue weighted by atomic mass is 16.5. The van der Waals surface area contributed by atoms with Crippen molar-refractivity contribution in [2.24, 2.45) is 0 Å². The van der Waals surface area contributed by atoms with E-state index in [1.54, 1.807) is 7.11 Å². The predicted octanol–water partition coefficient (Wildman–Crippen LogP) is 1.60. The summed E-state index contributed by atoms with van der Waals surface area (Å²) in [4.78, 5) is 5.19. The van der Waals surface area contributed by atoms with Crippen molar-refractivity contribution in [3.8, 4) is 0 Å². The molecule has 0 N–H and O–H groups in total. The summed E-state index contributed by atoms with van der Waals surface area (Å²) >= 11 is 0. The average Bonchev–Trinajstić information content (AvgIpc) is 2.47. The van der Waals surface area contributed by atoms with Gasteiger partial charge in [0.2, 0.25) is 0 Å². The Labute approximate surface area is 118 Å². The summed E-state index contributed by atoms with van der Waals surface area (Å²) in [7, 11) is 1.79. The Balaban J connectivity index is 1.75. The second-order valence-electron chi connectivity index (χ2n) is 5.84. The van der Waals surface area contributed by atoms with Crippen LogP contribution in [0.5, 0.6) is 0 Å². The zero-order valence-corrected chi connectivity index (χ0v) is 12.6. The van der Waals surface area contributed by atoms with E-state index >= 15 is 0 Å². The lowest BCUT2D eigenvalue weighted by molar-refractivity contribution is -0.0252. The molecule has 2 rings (SSSR count). The van der Waals surface area contributed by atoms with Crippen molar-refractivity contribution in [3.63, 3.8) is 0 Å². The Morgan fingerprint density at radius 1 is 1.26 bits per heavy atom. The maximum atomic E-state index is 5.87. The van der Waals surface area contributed by atoms with Gasteiger partial charge in [0, 0.05) is 52.5 Å². The van der Waals surface area contributed by atoms with Crippen molar-refractivity contribution in [2.75, 3.05) is 53.0 Å². The van der Waals surface area contributed by atoms with Gasteiger partial charge in [-0.15, -0.1) is 0 Å². The van der Waals surface area contributed by atoms with Gasteiger partial charge in [-0.2, -0.15) is 0 Å². The minimum Gasteiger partial charge on any atom is -0.383 e. The third kappa shape index (κ3) is 4.71. The fraction of sp³-hybridized carbons (Fsp3) is 1.00. The summed E-state index contributed by atoms with van der Waals surface area (Å²) in [5, 5.41) is 0. The summed E-state index contributed by atoms with van der Waals surface area (Å²) in [6.07, 6.45) is 5.55. The van der Waals surface area contributed by atoms with E-state index in [4.69, 9.17) is 9.47 Å². The van der Waals surface area contributed by atoms with Crippen LogP contribution >= 0.6 is 0 Å². The van der Waals surface area contributed by atoms with Crippen molar-refractivity contribution in [2.45, 2.75) is 44.8 Å². The first-order valence-corrected chi connectivity index (χ1v) is 7.90. The molecule has 112 valence electrons. The highest BCUT2D eigenvalue weighted by Crippen LogP contribution is 2.17. The van der Waals surface area contributed by atoms with E-state index in [9.17, 15) is 0 Å². The molecule has 4 nitrogen and oxygen atoms in total. The second kappa shape index (κ2) is 8.20. The molecule has 2 heterocycles. The average molecular weight is 270 g/mol. The lowest BCUT2D eigenvalue weighted by Crippen LogP contribution is -2.55. The molecule has 2 atom stereocenters. The van der Waals surface area contributed by atoms with E-state index in [1.165, 1.54) is 45.3 Å². The molecule has 0 aromatic carbocycles. The fourth-order valence-corrected chi connectivity index (χ4v) is 3.25. The van der Waals surface area contributed by atoms with Crippen LogP contribution < -0.4 is 0 Å². The predicted molar refractivity (Wildman–Crippen MR) is 77.6 cm³/mol. The van der Waals surface area contributed by atoms with Gasteiger partial charge >= 0.3 is 0 Å². The first-order valence-electron chi connectivity index (χ1n) is 7.90. The van der Waals surface area contributed by atoms with Crippen LogP contribution in [0, 0.1) is 0 Å². The van der Waals surface area contributed by atoms with Gasteiger partial charge in [-0.1, -0.05) is 6.92 Å². The topological polar surface area (TPSA) is 24.9 Å². The summed E-state index contributed by atoms with van der Waals surface area (Å²) in [6, 6.07) is 0.687. The molecule has 2 aliphatic rings. The van der Waals surface area contributed by atoms with Crippen LogP contribution in [0.4, 0.5) is 0 Å². The maximum Gasteiger partial charge on any atom is 0.0702 e. The molecule has 2 unspecified atom stereocenters. The number of hydrogen-bond donors (Lipinski definition) is 0. The molecule has 0 bridgehead atoms. The SMILES string of the molecule is CCC1CN(CC2CCCCO2)CCN1CCOC. The van der Waals surface area contributed by atoms with Crippen molar-refractivity contribution in [3.05, 3.63) is 0 Å². The first-order chi connectivity index (χ1) is 9.33. The van der Waals surface area contributed by atoms with Gasteiger partial charge in [0.05, 0.1) is 12.7 Å². The second-order valence-corrected chi connectivity index (χ2v) is 5.84. The van der Waals surface area contributed by atoms with E-state index in [1.807, 2.05) is 0 Å². The van der Waals surface area contributed by atoms with Crippen molar-refractivity contribution in [1.82, 2.24) is 9.80 Å². The normalized spacial score (nSPS) is 30.6. The van der Waals surface area contributed by atoms with Crippen LogP contribution in [0.15, 0.2) is 0 Å². The van der Waals surface area contributed by atoms with Gasteiger partial charge in [-0.25, -0.2) is 0 Å². The summed E-state index contributed by atoms with van der Waals surface area (Å²) in [6.45, 7) is 9.87. The molecular weight excluding hydrogens is 240 g/mol. The zero-order valence-electron chi connectivity index (χ0n) is 12.6. The monoisotopic (exact) mass is 270 g/mol. The van der Waals surface area contributed by atoms with E-state index < -0.39 is 0 Å². The lowest BCUT2D eigenvalue weighted by Gasteiger charge is -2.42. The Bertz CT molecular complexity index is 244. The molecule has 0 aliphatic carbocycles. The van der Waals surface area contributed by atoms with E-state index in [2.05, 4.69) is 16.7 Å². The quantitative estimate of drug-likeness (QED) is 0.732. The Morgan fingerprint density at radius 2 is 2.16 bits per heavy atom. The van der Waals surface area contributed by atoms with Crippen molar-refractivity contribution >= 4 is 0 Å². The minimum atomic E-state index is 0.483. The summed E-state index contributed by atoms with van der Waals surface area (Å²) in [5.41, 5.74) is 0. The number of piperazine rings is 1. The number of rotatable bonds is 6. The molecule has 2 fully saturated rings. The third-order valence-corrected chi connectivity index (χ3v) is 4.48. The van der Waals surface area contributed by atoms with E-state index in [0.717, 1.165) is 26.3 Å². The molecule has 4 heteroatoms. The molecule has 0 saturated carbocycles. The fourth-order valence-electron chi connectivity index (χ4n) is 3.25. The largest absolute Gasteiger partial charge is 0.383 e. The van der Waals surface area contributed by atoms with Gasteiger partial charge in [0.25, 0.3) is 0 Å². The Morgan fingerprint density at radius 3 is 2.84 bits per heavy atom. The summed E-state index contributed by atoms with van der Waals surface area (Å²) in [5.74, 6) is 0. The molecule has 0 aromatic heterocycles. The third-order valence-electron chi connectivity index (χ3n) is 4.48. The number of hydrogen-bond acceptors (Lipinski definition) is 4. The van der Waals surface area contributed by atoms with Gasteiger partial charge < -0.3 is 9.47 Å². The molecule has 0 aromatic rings. The molecule has 0 radical (unpaired) electrons. The molecule has 19 heavy (non-hydrogen) atoms. The number of methoxy groups -OCH3 is 1. The van der Waals surface area contributed by atoms with Crippen LogP contribution in [0.2, 0.25) is 0 Å². The Hall–Kier alpha value is -0.160. The van der Waals surface area contributed by atoms with Crippen LogP contribution in [0.1, 0.15) is 32.6 Å². The zero-order chi connectivity index (χ0) is 13.5. The molecule has 2 aliphatic heterocycles. The number of ether oxygens (including phenoxy) is 2. The van der Waals surface area contributed by atoms with Gasteiger partial charge in [0.1, 0.15) is 0 Å². The molecule has 2 saturated heterocycles.